The highest BCUT2D eigenvalue weighted by Gasteiger charge is 2.20. The van der Waals surface area contributed by atoms with E-state index < -0.39 is 5.69 Å². The van der Waals surface area contributed by atoms with E-state index in [1.54, 1.807) is 16.8 Å². The van der Waals surface area contributed by atoms with Crippen LogP contribution in [-0.4, -0.2) is 35.7 Å². The second-order valence-corrected chi connectivity index (χ2v) is 8.03. The third-order valence-electron chi connectivity index (χ3n) is 5.11. The van der Waals surface area contributed by atoms with Gasteiger partial charge in [0.15, 0.2) is 11.1 Å². The molecule has 31 heavy (non-hydrogen) atoms. The first-order chi connectivity index (χ1) is 15.0. The lowest BCUT2D eigenvalue weighted by atomic mass is 10.1. The van der Waals surface area contributed by atoms with E-state index in [4.69, 9.17) is 21.6 Å². The second-order valence-electron chi connectivity index (χ2n) is 7.60. The van der Waals surface area contributed by atoms with Crippen molar-refractivity contribution in [3.8, 4) is 5.88 Å². The molecule has 1 fully saturated rings. The van der Waals surface area contributed by atoms with Crippen LogP contribution in [0.4, 0.5) is 5.82 Å². The van der Waals surface area contributed by atoms with Gasteiger partial charge >= 0.3 is 5.69 Å². The normalized spacial score (nSPS) is 16.2. The van der Waals surface area contributed by atoms with Gasteiger partial charge in [0.25, 0.3) is 0 Å². The highest BCUT2D eigenvalue weighted by molar-refractivity contribution is 6.30. The van der Waals surface area contributed by atoms with Gasteiger partial charge in [-0.15, -0.1) is 0 Å². The fraction of sp³-hybridized carbons (Fsp3) is 0.238. The van der Waals surface area contributed by atoms with Crippen molar-refractivity contribution in [1.29, 1.82) is 0 Å². The molecule has 0 spiro atoms. The van der Waals surface area contributed by atoms with Gasteiger partial charge < -0.3 is 15.4 Å². The van der Waals surface area contributed by atoms with E-state index in [1.807, 2.05) is 37.3 Å². The first kappa shape index (κ1) is 19.4. The van der Waals surface area contributed by atoms with Crippen molar-refractivity contribution in [1.82, 2.24) is 24.6 Å². The van der Waals surface area contributed by atoms with Crippen molar-refractivity contribution in [3.63, 3.8) is 0 Å². The predicted octanol–water partition coefficient (Wildman–Crippen LogP) is 1.89. The van der Waals surface area contributed by atoms with Crippen LogP contribution < -0.4 is 21.7 Å². The Kier molecular flexibility index (Phi) is 4.74. The molecule has 10 heteroatoms. The topological polar surface area (TPSA) is 123 Å². The van der Waals surface area contributed by atoms with Crippen molar-refractivity contribution in [2.45, 2.75) is 31.8 Å². The van der Waals surface area contributed by atoms with Crippen LogP contribution in [0, 0.1) is 0 Å². The van der Waals surface area contributed by atoms with Gasteiger partial charge in [-0.2, -0.15) is 9.61 Å². The summed E-state index contributed by atoms with van der Waals surface area (Å²) >= 11 is 6.00. The number of rotatable bonds is 5. The molecule has 4 N–H and O–H groups in total. The Morgan fingerprint density at radius 2 is 2.10 bits per heavy atom. The number of H-pyrrole nitrogens is 2. The van der Waals surface area contributed by atoms with Crippen LogP contribution in [0.1, 0.15) is 37.1 Å². The molecule has 1 aliphatic rings. The van der Waals surface area contributed by atoms with Gasteiger partial charge in [0.1, 0.15) is 11.5 Å². The number of nitrogens with one attached hydrogen (secondary N) is 3. The first-order valence-corrected chi connectivity index (χ1v) is 10.3. The minimum Gasteiger partial charge on any atom is -0.493 e. The maximum atomic E-state index is 11.5. The number of aromatic amines is 2. The molecular formula is C21H20ClN7O2. The highest BCUT2D eigenvalue weighted by atomic mass is 35.5. The van der Waals surface area contributed by atoms with Crippen LogP contribution in [0.25, 0.3) is 11.7 Å². The molecule has 4 aromatic rings. The summed E-state index contributed by atoms with van der Waals surface area (Å²) in [6.45, 7) is 2.04. The van der Waals surface area contributed by atoms with Crippen molar-refractivity contribution >= 4 is 29.1 Å². The summed E-state index contributed by atoms with van der Waals surface area (Å²) in [5.74, 6) is 0.411. The number of anilines is 1. The van der Waals surface area contributed by atoms with Crippen molar-refractivity contribution in [2.75, 3.05) is 5.32 Å². The van der Waals surface area contributed by atoms with Gasteiger partial charge in [-0.3, -0.25) is 9.98 Å². The van der Waals surface area contributed by atoms with E-state index >= 15 is 0 Å². The molecule has 3 aromatic heterocycles. The standard InChI is InChI=1S/C21H20ClN7O2/c1-11(12-2-4-14(22)5-3-12)24-17-9-18(25-15-6-7-15)29-19(27-17)13(10-23-29)8-16-20(30)28-21(31)26-16/h2-5,8-11,15,24,30H,6-7H2,1H3,(H2,26,28,31)/b13-8-,25-18?. The Morgan fingerprint density at radius 1 is 1.32 bits per heavy atom. The Labute approximate surface area is 181 Å². The molecule has 1 aromatic carbocycles. The van der Waals surface area contributed by atoms with Crippen molar-refractivity contribution in [2.24, 2.45) is 4.99 Å². The van der Waals surface area contributed by atoms with Gasteiger partial charge in [0.05, 0.1) is 12.2 Å². The van der Waals surface area contributed by atoms with E-state index in [0.29, 0.717) is 33.2 Å². The number of benzene rings is 1. The fourth-order valence-corrected chi connectivity index (χ4v) is 3.45. The third kappa shape index (κ3) is 4.04. The molecule has 9 nitrogen and oxygen atoms in total. The summed E-state index contributed by atoms with van der Waals surface area (Å²) in [5, 5.41) is 19.1. The predicted molar refractivity (Wildman–Crippen MR) is 117 cm³/mol. The zero-order valence-corrected chi connectivity index (χ0v) is 17.4. The number of aromatic nitrogens is 5. The Morgan fingerprint density at radius 3 is 2.77 bits per heavy atom. The molecule has 5 rings (SSSR count). The van der Waals surface area contributed by atoms with E-state index in [9.17, 15) is 9.90 Å². The molecule has 158 valence electrons. The van der Waals surface area contributed by atoms with Crippen molar-refractivity contribution in [3.05, 3.63) is 74.0 Å². The summed E-state index contributed by atoms with van der Waals surface area (Å²) < 4.78 is 1.67. The third-order valence-corrected chi connectivity index (χ3v) is 5.36. The summed E-state index contributed by atoms with van der Waals surface area (Å²) in [5.41, 5.74) is 2.10. The SMILES string of the molecule is CC(Nc1cc(=NC2CC2)n2nc/c(=C/c3[nH]c(=O)[nH]c3O)c2n1)c1ccc(Cl)cc1. The summed E-state index contributed by atoms with van der Waals surface area (Å²) in [7, 11) is 0. The van der Waals surface area contributed by atoms with Gasteiger partial charge in [0, 0.05) is 22.3 Å². The molecule has 1 saturated carbocycles. The average molecular weight is 438 g/mol. The zero-order chi connectivity index (χ0) is 21.5. The van der Waals surface area contributed by atoms with Crippen molar-refractivity contribution < 1.29 is 5.11 Å². The minimum absolute atomic E-state index is 0.0126. The number of fused-ring (bicyclic) bond motifs is 1. The molecular weight excluding hydrogens is 418 g/mol. The number of imidazole rings is 1. The summed E-state index contributed by atoms with van der Waals surface area (Å²) in [4.78, 5) is 25.8. The molecule has 0 bridgehead atoms. The smallest absolute Gasteiger partial charge is 0.326 e. The monoisotopic (exact) mass is 437 g/mol. The maximum absolute atomic E-state index is 11.5. The number of nitrogens with zero attached hydrogens (tertiary/aromatic N) is 4. The Hall–Kier alpha value is -3.59. The average Bonchev–Trinajstić information content (AvgIpc) is 3.37. The molecule has 3 heterocycles. The first-order valence-electron chi connectivity index (χ1n) is 9.94. The lowest BCUT2D eigenvalue weighted by Gasteiger charge is -2.15. The largest absolute Gasteiger partial charge is 0.493 e. The van der Waals surface area contributed by atoms with E-state index in [0.717, 1.165) is 18.4 Å². The van der Waals surface area contributed by atoms with Gasteiger partial charge in [-0.25, -0.2) is 9.78 Å². The Balaban J connectivity index is 1.61. The highest BCUT2D eigenvalue weighted by Crippen LogP contribution is 2.23. The van der Waals surface area contributed by atoms with Gasteiger partial charge in [-0.1, -0.05) is 23.7 Å². The number of hydrogen-bond acceptors (Lipinski definition) is 6. The van der Waals surface area contributed by atoms with Crippen LogP contribution in [-0.2, 0) is 0 Å². The second kappa shape index (κ2) is 7.59. The van der Waals surface area contributed by atoms with E-state index in [2.05, 4.69) is 20.4 Å². The number of hydrogen-bond donors (Lipinski definition) is 4. The van der Waals surface area contributed by atoms with Crippen LogP contribution in [0.3, 0.4) is 0 Å². The fourth-order valence-electron chi connectivity index (χ4n) is 3.33. The van der Waals surface area contributed by atoms with E-state index in [1.165, 1.54) is 0 Å². The maximum Gasteiger partial charge on any atom is 0.326 e. The molecule has 0 saturated heterocycles. The minimum atomic E-state index is -0.489. The summed E-state index contributed by atoms with van der Waals surface area (Å²) in [6, 6.07) is 9.81. The number of halogens is 1. The van der Waals surface area contributed by atoms with Crippen LogP contribution in [0.15, 0.2) is 46.3 Å². The van der Waals surface area contributed by atoms with Crippen LogP contribution in [0.5, 0.6) is 5.88 Å². The van der Waals surface area contributed by atoms with E-state index in [-0.39, 0.29) is 17.6 Å². The van der Waals surface area contributed by atoms with Crippen LogP contribution in [0.2, 0.25) is 5.02 Å². The molecule has 1 unspecified atom stereocenters. The summed E-state index contributed by atoms with van der Waals surface area (Å²) in [6.07, 6.45) is 5.38. The quantitative estimate of drug-likeness (QED) is 0.379. The molecule has 0 aliphatic heterocycles. The molecule has 1 atom stereocenters. The zero-order valence-electron chi connectivity index (χ0n) is 16.6. The molecule has 1 aliphatic carbocycles. The van der Waals surface area contributed by atoms with Gasteiger partial charge in [0.2, 0.25) is 5.88 Å². The molecule has 0 radical (unpaired) electrons. The lowest BCUT2D eigenvalue weighted by Crippen LogP contribution is -2.21. The lowest BCUT2D eigenvalue weighted by molar-refractivity contribution is 0.454. The Bertz CT molecular complexity index is 1430. The van der Waals surface area contributed by atoms with Crippen LogP contribution >= 0.6 is 11.6 Å². The number of aromatic hydroxyl groups is 1. The van der Waals surface area contributed by atoms with Gasteiger partial charge in [-0.05, 0) is 43.5 Å². The molecule has 0 amide bonds.